The Balaban J connectivity index is 1.64. The van der Waals surface area contributed by atoms with Crippen molar-refractivity contribution in [2.45, 2.75) is 10.6 Å². The number of thioether (sulfide) groups is 1. The summed E-state index contributed by atoms with van der Waals surface area (Å²) < 4.78 is 12.9. The smallest absolute Gasteiger partial charge is 0.255 e. The number of benzene rings is 3. The topological polar surface area (TPSA) is 52.9 Å². The fourth-order valence-corrected chi connectivity index (χ4v) is 3.22. The predicted octanol–water partition coefficient (Wildman–Crippen LogP) is 5.24. The van der Waals surface area contributed by atoms with Gasteiger partial charge in [0, 0.05) is 21.9 Å². The summed E-state index contributed by atoms with van der Waals surface area (Å²) in [7, 11) is 0. The summed E-state index contributed by atoms with van der Waals surface area (Å²) in [5.41, 5.74) is 2.75. The largest absolute Gasteiger partial charge is 0.322 e. The van der Waals surface area contributed by atoms with Gasteiger partial charge in [0.25, 0.3) is 5.91 Å². The molecule has 0 atom stereocenters. The second-order valence-electron chi connectivity index (χ2n) is 5.59. The van der Waals surface area contributed by atoms with Gasteiger partial charge in [0.05, 0.1) is 11.6 Å². The minimum Gasteiger partial charge on any atom is -0.322 e. The molecular weight excluding hydrogens is 347 g/mol. The van der Waals surface area contributed by atoms with E-state index in [1.807, 2.05) is 24.3 Å². The number of carbonyl (C=O) groups is 1. The first-order chi connectivity index (χ1) is 12.6. The quantitative estimate of drug-likeness (QED) is 0.631. The van der Waals surface area contributed by atoms with Crippen LogP contribution in [0, 0.1) is 17.1 Å². The van der Waals surface area contributed by atoms with Gasteiger partial charge in [-0.05, 0) is 60.2 Å². The highest BCUT2D eigenvalue weighted by atomic mass is 32.2. The molecule has 0 fully saturated rings. The van der Waals surface area contributed by atoms with Gasteiger partial charge in [-0.25, -0.2) is 4.39 Å². The van der Waals surface area contributed by atoms with E-state index in [4.69, 9.17) is 5.26 Å². The molecule has 5 heteroatoms. The molecule has 26 heavy (non-hydrogen) atoms. The summed E-state index contributed by atoms with van der Waals surface area (Å²) in [5.74, 6) is 0.236. The molecule has 0 unspecified atom stereocenters. The lowest BCUT2D eigenvalue weighted by Gasteiger charge is -2.07. The van der Waals surface area contributed by atoms with E-state index in [9.17, 15) is 9.18 Å². The van der Waals surface area contributed by atoms with Crippen LogP contribution in [0.2, 0.25) is 0 Å². The summed E-state index contributed by atoms with van der Waals surface area (Å²) in [6.45, 7) is 0. The van der Waals surface area contributed by atoms with E-state index in [1.165, 1.54) is 12.1 Å². The number of rotatable bonds is 5. The second kappa shape index (κ2) is 8.32. The molecule has 0 heterocycles. The first-order valence-corrected chi connectivity index (χ1v) is 8.91. The van der Waals surface area contributed by atoms with Crippen molar-refractivity contribution in [3.05, 3.63) is 95.3 Å². The number of hydrogen-bond acceptors (Lipinski definition) is 3. The molecule has 128 valence electrons. The lowest BCUT2D eigenvalue weighted by Crippen LogP contribution is -2.11. The lowest BCUT2D eigenvalue weighted by molar-refractivity contribution is 0.102. The third kappa shape index (κ3) is 4.71. The number of anilines is 1. The Morgan fingerprint density at radius 2 is 1.77 bits per heavy atom. The summed E-state index contributed by atoms with van der Waals surface area (Å²) >= 11 is 1.58. The van der Waals surface area contributed by atoms with Crippen molar-refractivity contribution in [3.63, 3.8) is 0 Å². The summed E-state index contributed by atoms with van der Waals surface area (Å²) in [4.78, 5) is 13.4. The zero-order valence-electron chi connectivity index (χ0n) is 13.8. The molecule has 3 aromatic rings. The Morgan fingerprint density at radius 1 is 1.04 bits per heavy atom. The van der Waals surface area contributed by atoms with Crippen LogP contribution < -0.4 is 5.32 Å². The predicted molar refractivity (Wildman–Crippen MR) is 102 cm³/mol. The Bertz CT molecular complexity index is 947. The van der Waals surface area contributed by atoms with E-state index < -0.39 is 0 Å². The van der Waals surface area contributed by atoms with Crippen LogP contribution in [-0.2, 0) is 5.75 Å². The van der Waals surface area contributed by atoms with Crippen LogP contribution in [0.1, 0.15) is 21.5 Å². The molecule has 0 aliphatic heterocycles. The number of amides is 1. The number of nitrogens with zero attached hydrogens (tertiary/aromatic N) is 1. The highest BCUT2D eigenvalue weighted by Crippen LogP contribution is 2.24. The van der Waals surface area contributed by atoms with Gasteiger partial charge in [-0.1, -0.05) is 18.2 Å². The monoisotopic (exact) mass is 362 g/mol. The van der Waals surface area contributed by atoms with Crippen LogP contribution in [0.3, 0.4) is 0 Å². The van der Waals surface area contributed by atoms with Crippen molar-refractivity contribution < 1.29 is 9.18 Å². The van der Waals surface area contributed by atoms with Gasteiger partial charge >= 0.3 is 0 Å². The van der Waals surface area contributed by atoms with Crippen molar-refractivity contribution in [3.8, 4) is 6.07 Å². The van der Waals surface area contributed by atoms with E-state index in [0.717, 1.165) is 10.5 Å². The van der Waals surface area contributed by atoms with Gasteiger partial charge in [0.1, 0.15) is 5.82 Å². The van der Waals surface area contributed by atoms with Crippen molar-refractivity contribution in [2.24, 2.45) is 0 Å². The van der Waals surface area contributed by atoms with E-state index in [1.54, 1.807) is 54.2 Å². The maximum Gasteiger partial charge on any atom is 0.255 e. The van der Waals surface area contributed by atoms with Crippen molar-refractivity contribution in [1.29, 1.82) is 5.26 Å². The maximum atomic E-state index is 12.9. The van der Waals surface area contributed by atoms with Crippen molar-refractivity contribution in [1.82, 2.24) is 0 Å². The molecule has 0 bridgehead atoms. The van der Waals surface area contributed by atoms with Crippen LogP contribution in [0.5, 0.6) is 0 Å². The second-order valence-corrected chi connectivity index (χ2v) is 6.64. The molecule has 0 aromatic heterocycles. The van der Waals surface area contributed by atoms with Gasteiger partial charge in [-0.2, -0.15) is 5.26 Å². The zero-order chi connectivity index (χ0) is 18.4. The van der Waals surface area contributed by atoms with Gasteiger partial charge in [0.15, 0.2) is 0 Å². The highest BCUT2D eigenvalue weighted by Gasteiger charge is 2.07. The average Bonchev–Trinajstić information content (AvgIpc) is 2.68. The molecule has 0 radical (unpaired) electrons. The lowest BCUT2D eigenvalue weighted by atomic mass is 10.2. The molecule has 0 aliphatic carbocycles. The van der Waals surface area contributed by atoms with Gasteiger partial charge in [-0.15, -0.1) is 11.8 Å². The van der Waals surface area contributed by atoms with E-state index in [2.05, 4.69) is 5.32 Å². The summed E-state index contributed by atoms with van der Waals surface area (Å²) in [6.07, 6.45) is 0. The van der Waals surface area contributed by atoms with E-state index in [0.29, 0.717) is 22.6 Å². The number of nitriles is 1. The van der Waals surface area contributed by atoms with Crippen LogP contribution in [0.4, 0.5) is 10.1 Å². The Kier molecular flexibility index (Phi) is 5.67. The molecule has 0 spiro atoms. The first kappa shape index (κ1) is 17.7. The molecule has 0 saturated heterocycles. The fraction of sp³-hybridized carbons (Fsp3) is 0.0476. The van der Waals surface area contributed by atoms with Gasteiger partial charge in [0.2, 0.25) is 0 Å². The maximum absolute atomic E-state index is 12.9. The normalized spacial score (nSPS) is 10.2. The highest BCUT2D eigenvalue weighted by molar-refractivity contribution is 7.98. The molecule has 3 aromatic carbocycles. The van der Waals surface area contributed by atoms with Crippen molar-refractivity contribution >= 4 is 23.4 Å². The molecular formula is C21H15FN2OS. The number of nitrogens with one attached hydrogen (secondary N) is 1. The molecule has 1 amide bonds. The van der Waals surface area contributed by atoms with Crippen LogP contribution in [-0.4, -0.2) is 5.91 Å². The first-order valence-electron chi connectivity index (χ1n) is 7.93. The van der Waals surface area contributed by atoms with E-state index >= 15 is 0 Å². The van der Waals surface area contributed by atoms with Crippen LogP contribution >= 0.6 is 11.8 Å². The molecule has 3 nitrogen and oxygen atoms in total. The number of halogens is 1. The van der Waals surface area contributed by atoms with E-state index in [-0.39, 0.29) is 11.7 Å². The summed E-state index contributed by atoms with van der Waals surface area (Å²) in [6, 6.07) is 22.5. The number of hydrogen-bond donors (Lipinski definition) is 1. The zero-order valence-corrected chi connectivity index (χ0v) is 14.6. The molecule has 0 aliphatic rings. The van der Waals surface area contributed by atoms with Crippen LogP contribution in [0.25, 0.3) is 0 Å². The molecule has 1 N–H and O–H groups in total. The third-order valence-corrected chi connectivity index (χ3v) is 4.75. The van der Waals surface area contributed by atoms with Crippen molar-refractivity contribution in [2.75, 3.05) is 5.32 Å². The minimum atomic E-state index is -0.250. The average molecular weight is 362 g/mol. The van der Waals surface area contributed by atoms with Crippen LogP contribution in [0.15, 0.2) is 77.7 Å². The Labute approximate surface area is 155 Å². The molecule has 0 saturated carbocycles. The summed E-state index contributed by atoms with van der Waals surface area (Å²) in [5, 5.41) is 11.6. The van der Waals surface area contributed by atoms with Gasteiger partial charge < -0.3 is 5.32 Å². The molecule has 3 rings (SSSR count). The Morgan fingerprint density at radius 3 is 2.46 bits per heavy atom. The Hall–Kier alpha value is -3.10. The number of carbonyl (C=O) groups excluding carboxylic acids is 1. The third-order valence-electron chi connectivity index (χ3n) is 3.69. The minimum absolute atomic E-state index is 0.209. The standard InChI is InChI=1S/C21H15FN2OS/c22-18-8-4-16(5-9-18)14-26-20-3-1-2-17(12-20)21(25)24-19-10-6-15(13-23)7-11-19/h1-12H,14H2,(H,24,25). The SMILES string of the molecule is N#Cc1ccc(NC(=O)c2cccc(SCc3ccc(F)cc3)c2)cc1. The van der Waals surface area contributed by atoms with Gasteiger partial charge in [-0.3, -0.25) is 4.79 Å². The fourth-order valence-electron chi connectivity index (χ4n) is 2.31.